The maximum absolute atomic E-state index is 12.5. The van der Waals surface area contributed by atoms with Crippen molar-refractivity contribution in [3.8, 4) is 0 Å². The van der Waals surface area contributed by atoms with Crippen molar-refractivity contribution < 1.29 is 9.59 Å². The van der Waals surface area contributed by atoms with Gasteiger partial charge in [0.15, 0.2) is 5.78 Å². The Morgan fingerprint density at radius 3 is 2.19 bits per heavy atom. The van der Waals surface area contributed by atoms with E-state index in [1.807, 2.05) is 4.90 Å². The molecule has 2 aliphatic rings. The van der Waals surface area contributed by atoms with Crippen LogP contribution in [0.2, 0.25) is 0 Å². The summed E-state index contributed by atoms with van der Waals surface area (Å²) in [5, 5.41) is 3.44. The summed E-state index contributed by atoms with van der Waals surface area (Å²) in [6.45, 7) is 5.43. The summed E-state index contributed by atoms with van der Waals surface area (Å²) < 4.78 is 0. The first-order valence-corrected chi connectivity index (χ1v) is 7.71. The average Bonchev–Trinajstić information content (AvgIpc) is 2.96. The van der Waals surface area contributed by atoms with Gasteiger partial charge in [-0.3, -0.25) is 9.59 Å². The van der Waals surface area contributed by atoms with Crippen LogP contribution in [-0.2, 0) is 0 Å². The van der Waals surface area contributed by atoms with E-state index in [-0.39, 0.29) is 11.7 Å². The maximum Gasteiger partial charge on any atom is 0.253 e. The molecule has 2 saturated heterocycles. The Hall–Kier alpha value is -1.68. The molecule has 0 saturated carbocycles. The van der Waals surface area contributed by atoms with Crippen LogP contribution in [0.3, 0.4) is 0 Å². The molecule has 3 rings (SSSR count). The van der Waals surface area contributed by atoms with Gasteiger partial charge in [-0.15, -0.1) is 0 Å². The summed E-state index contributed by atoms with van der Waals surface area (Å²) in [6.07, 6.45) is 3.43. The number of Topliss-reactive ketones (excluding diaryl/α,β-unsaturated/α-hetero) is 1. The minimum Gasteiger partial charge on any atom is -0.339 e. The Morgan fingerprint density at radius 2 is 1.67 bits per heavy atom. The Morgan fingerprint density at radius 1 is 1.05 bits per heavy atom. The first-order valence-electron chi connectivity index (χ1n) is 7.71. The van der Waals surface area contributed by atoms with Crippen LogP contribution >= 0.6 is 0 Å². The summed E-state index contributed by atoms with van der Waals surface area (Å²) in [7, 11) is 0. The molecular weight excluding hydrogens is 264 g/mol. The molecule has 2 heterocycles. The lowest BCUT2D eigenvalue weighted by atomic mass is 9.78. The Kier molecular flexibility index (Phi) is 3.81. The monoisotopic (exact) mass is 286 g/mol. The number of benzene rings is 1. The summed E-state index contributed by atoms with van der Waals surface area (Å²) in [5.74, 6) is 0.119. The molecule has 4 nitrogen and oxygen atoms in total. The fourth-order valence-corrected chi connectivity index (χ4v) is 3.44. The standard InChI is InChI=1S/C17H22N2O2/c1-13(20)14-2-4-15(5-3-14)16(21)19-10-7-17(8-11-19)6-9-18-12-17/h2-5,18H,6-12H2,1H3. The molecule has 0 atom stereocenters. The predicted molar refractivity (Wildman–Crippen MR) is 81.5 cm³/mol. The van der Waals surface area contributed by atoms with E-state index in [1.165, 1.54) is 13.3 Å². The SMILES string of the molecule is CC(=O)c1ccc(C(=O)N2CCC3(CCNC3)CC2)cc1. The van der Waals surface area contributed by atoms with Crippen LogP contribution < -0.4 is 5.32 Å². The number of nitrogens with one attached hydrogen (secondary N) is 1. The number of piperidine rings is 1. The summed E-state index contributed by atoms with van der Waals surface area (Å²) in [5.41, 5.74) is 1.76. The van der Waals surface area contributed by atoms with E-state index in [0.717, 1.165) is 39.0 Å². The predicted octanol–water partition coefficient (Wildman–Crippen LogP) is 2.10. The van der Waals surface area contributed by atoms with Crippen LogP contribution in [0.25, 0.3) is 0 Å². The van der Waals surface area contributed by atoms with E-state index in [1.54, 1.807) is 24.3 Å². The van der Waals surface area contributed by atoms with Crippen molar-refractivity contribution in [3.05, 3.63) is 35.4 Å². The van der Waals surface area contributed by atoms with E-state index in [0.29, 0.717) is 16.5 Å². The van der Waals surface area contributed by atoms with Crippen molar-refractivity contribution in [2.75, 3.05) is 26.2 Å². The number of likely N-dealkylation sites (tertiary alicyclic amines) is 1. The summed E-state index contributed by atoms with van der Waals surface area (Å²) in [6, 6.07) is 7.00. The summed E-state index contributed by atoms with van der Waals surface area (Å²) in [4.78, 5) is 25.7. The molecule has 0 unspecified atom stereocenters. The summed E-state index contributed by atoms with van der Waals surface area (Å²) >= 11 is 0. The van der Waals surface area contributed by atoms with Crippen LogP contribution in [0.5, 0.6) is 0 Å². The molecule has 0 aromatic heterocycles. The number of amides is 1. The van der Waals surface area contributed by atoms with Crippen molar-refractivity contribution >= 4 is 11.7 Å². The largest absolute Gasteiger partial charge is 0.339 e. The van der Waals surface area contributed by atoms with Crippen LogP contribution in [0.15, 0.2) is 24.3 Å². The molecule has 1 aromatic carbocycles. The lowest BCUT2D eigenvalue weighted by Gasteiger charge is -2.38. The Labute approximate surface area is 125 Å². The first-order chi connectivity index (χ1) is 10.1. The van der Waals surface area contributed by atoms with E-state index < -0.39 is 0 Å². The van der Waals surface area contributed by atoms with Crippen LogP contribution in [0.1, 0.15) is 46.9 Å². The number of rotatable bonds is 2. The highest BCUT2D eigenvalue weighted by Crippen LogP contribution is 2.37. The molecule has 0 bridgehead atoms. The zero-order chi connectivity index (χ0) is 14.9. The number of hydrogen-bond donors (Lipinski definition) is 1. The molecule has 1 spiro atoms. The van der Waals surface area contributed by atoms with Gasteiger partial charge < -0.3 is 10.2 Å². The van der Waals surface area contributed by atoms with E-state index in [9.17, 15) is 9.59 Å². The first kappa shape index (κ1) is 14.3. The number of nitrogens with zero attached hydrogens (tertiary/aromatic N) is 1. The molecule has 1 amide bonds. The van der Waals surface area contributed by atoms with Gasteiger partial charge in [-0.05, 0) is 50.3 Å². The van der Waals surface area contributed by atoms with Crippen LogP contribution in [0.4, 0.5) is 0 Å². The third-order valence-corrected chi connectivity index (χ3v) is 4.98. The molecule has 112 valence electrons. The van der Waals surface area contributed by atoms with Gasteiger partial charge in [-0.1, -0.05) is 12.1 Å². The second kappa shape index (κ2) is 5.60. The fraction of sp³-hybridized carbons (Fsp3) is 0.529. The zero-order valence-corrected chi connectivity index (χ0v) is 12.5. The zero-order valence-electron chi connectivity index (χ0n) is 12.5. The van der Waals surface area contributed by atoms with E-state index in [2.05, 4.69) is 5.32 Å². The number of hydrogen-bond acceptors (Lipinski definition) is 3. The maximum atomic E-state index is 12.5. The Balaban J connectivity index is 1.64. The molecule has 2 fully saturated rings. The lowest BCUT2D eigenvalue weighted by Crippen LogP contribution is -2.44. The van der Waals surface area contributed by atoms with Gasteiger partial charge in [0, 0.05) is 30.8 Å². The van der Waals surface area contributed by atoms with Crippen LogP contribution in [0, 0.1) is 5.41 Å². The molecule has 2 aliphatic heterocycles. The van der Waals surface area contributed by atoms with Crippen LogP contribution in [-0.4, -0.2) is 42.8 Å². The molecule has 1 N–H and O–H groups in total. The van der Waals surface area contributed by atoms with Crippen molar-refractivity contribution in [2.24, 2.45) is 5.41 Å². The highest BCUT2D eigenvalue weighted by molar-refractivity contribution is 5.97. The Bertz CT molecular complexity index is 534. The van der Waals surface area contributed by atoms with Gasteiger partial charge in [0.1, 0.15) is 0 Å². The van der Waals surface area contributed by atoms with Crippen molar-refractivity contribution in [1.82, 2.24) is 10.2 Å². The topological polar surface area (TPSA) is 49.4 Å². The number of carbonyl (C=O) groups is 2. The highest BCUT2D eigenvalue weighted by Gasteiger charge is 2.38. The number of ketones is 1. The van der Waals surface area contributed by atoms with Crippen molar-refractivity contribution in [1.29, 1.82) is 0 Å². The smallest absolute Gasteiger partial charge is 0.253 e. The minimum absolute atomic E-state index is 0.0302. The van der Waals surface area contributed by atoms with Gasteiger partial charge in [-0.25, -0.2) is 0 Å². The van der Waals surface area contributed by atoms with Gasteiger partial charge in [0.2, 0.25) is 0 Å². The van der Waals surface area contributed by atoms with E-state index >= 15 is 0 Å². The third-order valence-electron chi connectivity index (χ3n) is 4.98. The third kappa shape index (κ3) is 2.86. The average molecular weight is 286 g/mol. The second-order valence-electron chi connectivity index (χ2n) is 6.35. The molecule has 0 aliphatic carbocycles. The lowest BCUT2D eigenvalue weighted by molar-refractivity contribution is 0.0607. The van der Waals surface area contributed by atoms with Crippen molar-refractivity contribution in [3.63, 3.8) is 0 Å². The van der Waals surface area contributed by atoms with Gasteiger partial charge in [0.05, 0.1) is 0 Å². The number of carbonyl (C=O) groups excluding carboxylic acids is 2. The molecular formula is C17H22N2O2. The molecule has 21 heavy (non-hydrogen) atoms. The fourth-order valence-electron chi connectivity index (χ4n) is 3.44. The molecule has 0 radical (unpaired) electrons. The van der Waals surface area contributed by atoms with Gasteiger partial charge in [-0.2, -0.15) is 0 Å². The van der Waals surface area contributed by atoms with Crippen molar-refractivity contribution in [2.45, 2.75) is 26.2 Å². The second-order valence-corrected chi connectivity index (χ2v) is 6.35. The van der Waals surface area contributed by atoms with Gasteiger partial charge in [0.25, 0.3) is 5.91 Å². The minimum atomic E-state index is 0.0302. The van der Waals surface area contributed by atoms with E-state index in [4.69, 9.17) is 0 Å². The molecule has 1 aromatic rings. The highest BCUT2D eigenvalue weighted by atomic mass is 16.2. The normalized spacial score (nSPS) is 20.7. The quantitative estimate of drug-likeness (QED) is 0.847. The molecule has 4 heteroatoms. The van der Waals surface area contributed by atoms with Gasteiger partial charge >= 0.3 is 0 Å².